The van der Waals surface area contributed by atoms with Gasteiger partial charge in [0.15, 0.2) is 5.79 Å². The van der Waals surface area contributed by atoms with Crippen LogP contribution in [-0.4, -0.2) is 51.5 Å². The van der Waals surface area contributed by atoms with E-state index in [4.69, 9.17) is 13.7 Å². The van der Waals surface area contributed by atoms with Crippen molar-refractivity contribution in [2.24, 2.45) is 11.3 Å². The summed E-state index contributed by atoms with van der Waals surface area (Å²) in [5.74, 6) is -0.693. The van der Waals surface area contributed by atoms with Gasteiger partial charge in [0.2, 0.25) is 0 Å². The Kier molecular flexibility index (Phi) is 4.99. The smallest absolute Gasteiger partial charge is 0.297 e. The minimum atomic E-state index is -3.78. The number of rotatable bonds is 0. The van der Waals surface area contributed by atoms with Crippen LogP contribution in [0.4, 0.5) is 0 Å². The molecule has 4 heterocycles. The van der Waals surface area contributed by atoms with E-state index >= 15 is 0 Å². The van der Waals surface area contributed by atoms with Gasteiger partial charge in [0.1, 0.15) is 0 Å². The summed E-state index contributed by atoms with van der Waals surface area (Å²) in [5, 5.41) is 0. The third-order valence-corrected chi connectivity index (χ3v) is 6.75. The summed E-state index contributed by atoms with van der Waals surface area (Å²) in [4.78, 5) is 2.41. The number of nitrogens with zero attached hydrogens (tertiary/aromatic N) is 1. The second-order valence-corrected chi connectivity index (χ2v) is 9.81. The van der Waals surface area contributed by atoms with E-state index in [1.54, 1.807) is 12.1 Å². The summed E-state index contributed by atoms with van der Waals surface area (Å²) in [6.45, 7) is 9.00. The molecule has 2 atom stereocenters. The van der Waals surface area contributed by atoms with E-state index in [-0.39, 0.29) is 36.3 Å². The van der Waals surface area contributed by atoms with Gasteiger partial charge in [-0.15, -0.1) is 0 Å². The number of benzene rings is 1. The van der Waals surface area contributed by atoms with Crippen LogP contribution in [-0.2, 0) is 30.3 Å². The highest BCUT2D eigenvalue weighted by Crippen LogP contribution is 2.44. The minimum Gasteiger partial charge on any atom is -0.347 e. The normalized spacial score (nSPS) is 32.0. The summed E-state index contributed by atoms with van der Waals surface area (Å²) >= 11 is 0. The molecule has 2 unspecified atom stereocenters. The fourth-order valence-corrected chi connectivity index (χ4v) is 4.89. The highest BCUT2D eigenvalue weighted by molar-refractivity contribution is 7.86. The molecule has 2 bridgehead atoms. The lowest BCUT2D eigenvalue weighted by molar-refractivity contribution is -0.323. The molecule has 4 aliphatic rings. The fourth-order valence-electron chi connectivity index (χ4n) is 3.98. The molecular formula is C19H29NO5S. The van der Waals surface area contributed by atoms with E-state index < -0.39 is 15.9 Å². The molecule has 2 saturated heterocycles. The maximum Gasteiger partial charge on any atom is 0.297 e. The Labute approximate surface area is 156 Å². The number of ether oxygens (including phenoxy) is 2. The van der Waals surface area contributed by atoms with Gasteiger partial charge in [-0.3, -0.25) is 9.08 Å². The highest BCUT2D eigenvalue weighted by Gasteiger charge is 2.57. The lowest BCUT2D eigenvalue weighted by atomic mass is 9.91. The molecule has 0 N–H and O–H groups in total. The number of hydrogen-bond donors (Lipinski definition) is 0. The molecule has 146 valence electrons. The van der Waals surface area contributed by atoms with Crippen LogP contribution in [0.2, 0.25) is 0 Å². The summed E-state index contributed by atoms with van der Waals surface area (Å²) in [5.41, 5.74) is 1.03. The van der Waals surface area contributed by atoms with E-state index in [9.17, 15) is 8.42 Å². The van der Waals surface area contributed by atoms with E-state index in [0.29, 0.717) is 13.2 Å². The van der Waals surface area contributed by atoms with Crippen molar-refractivity contribution in [3.63, 3.8) is 0 Å². The summed E-state index contributed by atoms with van der Waals surface area (Å²) in [7, 11) is -3.78. The largest absolute Gasteiger partial charge is 0.347 e. The monoisotopic (exact) mass is 383 g/mol. The lowest BCUT2D eigenvalue weighted by Gasteiger charge is -2.47. The minimum absolute atomic E-state index is 0. The van der Waals surface area contributed by atoms with E-state index in [1.165, 1.54) is 0 Å². The maximum absolute atomic E-state index is 12.4. The van der Waals surface area contributed by atoms with Crippen LogP contribution in [0.1, 0.15) is 33.8 Å². The Morgan fingerprint density at radius 2 is 1.73 bits per heavy atom. The van der Waals surface area contributed by atoms with Crippen LogP contribution in [0.15, 0.2) is 29.2 Å². The van der Waals surface area contributed by atoms with Gasteiger partial charge >= 0.3 is 0 Å². The summed E-state index contributed by atoms with van der Waals surface area (Å²) < 4.78 is 42.8. The molecule has 0 radical (unpaired) electrons. The van der Waals surface area contributed by atoms with Gasteiger partial charge in [0.05, 0.1) is 30.8 Å². The Morgan fingerprint density at radius 1 is 1.12 bits per heavy atom. The van der Waals surface area contributed by atoms with Gasteiger partial charge in [-0.1, -0.05) is 40.3 Å². The van der Waals surface area contributed by atoms with Crippen LogP contribution < -0.4 is 0 Å². The average molecular weight is 384 g/mol. The predicted octanol–water partition coefficient (Wildman–Crippen LogP) is 2.63. The zero-order valence-electron chi connectivity index (χ0n) is 14.9. The summed E-state index contributed by atoms with van der Waals surface area (Å²) in [6.07, 6.45) is 0. The number of hydrogen-bond acceptors (Lipinski definition) is 6. The van der Waals surface area contributed by atoms with Crippen molar-refractivity contribution in [1.29, 1.82) is 0 Å². The molecular weight excluding hydrogens is 354 g/mol. The van der Waals surface area contributed by atoms with Crippen LogP contribution >= 0.6 is 0 Å². The van der Waals surface area contributed by atoms with E-state index in [0.717, 1.165) is 18.7 Å². The number of fused-ring (bicyclic) bond motifs is 4. The highest BCUT2D eigenvalue weighted by atomic mass is 32.2. The molecule has 1 aromatic carbocycles. The van der Waals surface area contributed by atoms with E-state index in [2.05, 4.69) is 25.7 Å². The topological polar surface area (TPSA) is 65.1 Å². The zero-order chi connectivity index (χ0) is 17.9. The molecule has 0 aromatic heterocycles. The maximum atomic E-state index is 12.4. The first kappa shape index (κ1) is 19.8. The van der Waals surface area contributed by atoms with Crippen molar-refractivity contribution in [1.82, 2.24) is 4.90 Å². The van der Waals surface area contributed by atoms with Gasteiger partial charge in [0, 0.05) is 24.4 Å². The molecule has 2 fully saturated rings. The molecule has 1 spiro atoms. The first-order valence-electron chi connectivity index (χ1n) is 8.72. The molecule has 4 aliphatic heterocycles. The van der Waals surface area contributed by atoms with Gasteiger partial charge in [-0.25, -0.2) is 0 Å². The Hall–Kier alpha value is -0.990. The predicted molar refractivity (Wildman–Crippen MR) is 98.1 cm³/mol. The van der Waals surface area contributed by atoms with Gasteiger partial charge in [0.25, 0.3) is 10.1 Å². The van der Waals surface area contributed by atoms with Crippen molar-refractivity contribution < 1.29 is 22.1 Å². The standard InChI is InChI=1S/C18H25NO5S.CH4/c1-13-8-19-9-14-4-6-15(7-5-14)25(20,21)24-10-16(19)18(13)22-11-17(2,3)12-23-18;/h4-7,13,16H,8-12H2,1-3H3;1H4. The summed E-state index contributed by atoms with van der Waals surface area (Å²) in [6, 6.07) is 6.65. The lowest BCUT2D eigenvalue weighted by Crippen LogP contribution is -2.58. The Bertz CT molecular complexity index is 749. The van der Waals surface area contributed by atoms with Crippen molar-refractivity contribution >= 4 is 10.1 Å². The van der Waals surface area contributed by atoms with Crippen LogP contribution in [0.25, 0.3) is 0 Å². The third kappa shape index (κ3) is 3.20. The van der Waals surface area contributed by atoms with E-state index in [1.807, 2.05) is 12.1 Å². The fraction of sp³-hybridized carbons (Fsp3) is 0.684. The van der Waals surface area contributed by atoms with Crippen LogP contribution in [0.3, 0.4) is 0 Å². The SMILES string of the molecule is C.CC1CN2Cc3ccc(cc3)S(=O)(=O)OCC2C12OCC(C)(C)CO2. The molecule has 5 rings (SSSR count). The quantitative estimate of drug-likeness (QED) is 0.642. The second-order valence-electron chi connectivity index (χ2n) is 8.19. The third-order valence-electron chi connectivity index (χ3n) is 5.46. The zero-order valence-corrected chi connectivity index (χ0v) is 15.7. The average Bonchev–Trinajstić information content (AvgIpc) is 2.81. The molecule has 0 aliphatic carbocycles. The Balaban J connectivity index is 0.00000196. The molecule has 1 aromatic rings. The second kappa shape index (κ2) is 6.56. The first-order valence-corrected chi connectivity index (χ1v) is 10.1. The van der Waals surface area contributed by atoms with Crippen LogP contribution in [0, 0.1) is 11.3 Å². The van der Waals surface area contributed by atoms with Gasteiger partial charge in [-0.05, 0) is 17.7 Å². The Morgan fingerprint density at radius 3 is 2.35 bits per heavy atom. The van der Waals surface area contributed by atoms with Gasteiger partial charge < -0.3 is 9.47 Å². The molecule has 26 heavy (non-hydrogen) atoms. The molecule has 0 saturated carbocycles. The van der Waals surface area contributed by atoms with Crippen molar-refractivity contribution in [2.75, 3.05) is 26.4 Å². The van der Waals surface area contributed by atoms with Gasteiger partial charge in [-0.2, -0.15) is 8.42 Å². The molecule has 6 nitrogen and oxygen atoms in total. The van der Waals surface area contributed by atoms with Crippen molar-refractivity contribution in [3.8, 4) is 0 Å². The van der Waals surface area contributed by atoms with Crippen molar-refractivity contribution in [3.05, 3.63) is 29.8 Å². The van der Waals surface area contributed by atoms with Crippen LogP contribution in [0.5, 0.6) is 0 Å². The first-order chi connectivity index (χ1) is 11.7. The molecule has 7 heteroatoms. The molecule has 0 amide bonds. The van der Waals surface area contributed by atoms with Crippen molar-refractivity contribution in [2.45, 2.75) is 51.5 Å².